The number of aromatic nitrogens is 1. The van der Waals surface area contributed by atoms with Crippen molar-refractivity contribution in [2.24, 2.45) is 0 Å². The number of rotatable bonds is 5. The van der Waals surface area contributed by atoms with Crippen LogP contribution in [0.3, 0.4) is 0 Å². The van der Waals surface area contributed by atoms with E-state index in [0.29, 0.717) is 16.8 Å². The van der Waals surface area contributed by atoms with Crippen molar-refractivity contribution < 1.29 is 14.3 Å². The van der Waals surface area contributed by atoms with E-state index in [0.717, 1.165) is 4.90 Å². The Bertz CT molecular complexity index is 646. The molecule has 0 aliphatic carbocycles. The lowest BCUT2D eigenvalue weighted by molar-refractivity contribution is 0.0376. The first kappa shape index (κ1) is 17.3. The van der Waals surface area contributed by atoms with E-state index in [2.05, 4.69) is 4.98 Å². The zero-order chi connectivity index (χ0) is 16.9. The number of nitrogens with one attached hydrogen (secondary N) is 1. The number of esters is 1. The molecule has 0 aliphatic rings. The smallest absolute Gasteiger partial charge is 0.340 e. The van der Waals surface area contributed by atoms with Crippen LogP contribution in [0.15, 0.2) is 0 Å². The highest BCUT2D eigenvalue weighted by atomic mass is 16.5. The maximum atomic E-state index is 12.4. The second-order valence-electron chi connectivity index (χ2n) is 5.06. The normalized spacial score (nSPS) is 9.95. The van der Waals surface area contributed by atoms with Crippen molar-refractivity contribution in [2.45, 2.75) is 33.8 Å². The first-order chi connectivity index (χ1) is 10.3. The molecule has 7 nitrogen and oxygen atoms in total. The van der Waals surface area contributed by atoms with Gasteiger partial charge in [0.05, 0.1) is 23.8 Å². The number of aromatic amines is 1. The van der Waals surface area contributed by atoms with Gasteiger partial charge in [0, 0.05) is 5.69 Å². The summed E-state index contributed by atoms with van der Waals surface area (Å²) in [5.74, 6) is -1.00. The maximum absolute atomic E-state index is 12.4. The first-order valence-corrected chi connectivity index (χ1v) is 6.76. The van der Waals surface area contributed by atoms with Crippen LogP contribution in [0.5, 0.6) is 0 Å². The number of nitrogens with zero attached hydrogens (tertiary/aromatic N) is 3. The number of hydrogen-bond donors (Lipinski definition) is 1. The van der Waals surface area contributed by atoms with Crippen molar-refractivity contribution in [1.29, 1.82) is 10.5 Å². The molecule has 116 valence electrons. The van der Waals surface area contributed by atoms with Crippen molar-refractivity contribution in [2.75, 3.05) is 13.1 Å². The van der Waals surface area contributed by atoms with Gasteiger partial charge in [0.1, 0.15) is 18.8 Å². The van der Waals surface area contributed by atoms with Crippen LogP contribution >= 0.6 is 0 Å². The van der Waals surface area contributed by atoms with Gasteiger partial charge in [-0.3, -0.25) is 4.79 Å². The van der Waals surface area contributed by atoms with Gasteiger partial charge in [-0.15, -0.1) is 0 Å². The van der Waals surface area contributed by atoms with Gasteiger partial charge in [0.2, 0.25) is 0 Å². The summed E-state index contributed by atoms with van der Waals surface area (Å²) in [6.45, 7) is 6.38. The summed E-state index contributed by atoms with van der Waals surface area (Å²) < 4.78 is 5.16. The number of amides is 1. The van der Waals surface area contributed by atoms with Gasteiger partial charge in [0.25, 0.3) is 5.91 Å². The predicted molar refractivity (Wildman–Crippen MR) is 77.9 cm³/mol. The van der Waals surface area contributed by atoms with Crippen molar-refractivity contribution in [3.8, 4) is 12.1 Å². The molecule has 7 heteroatoms. The molecule has 0 unspecified atom stereocenters. The third kappa shape index (κ3) is 3.64. The Labute approximate surface area is 129 Å². The Morgan fingerprint density at radius 1 is 1.23 bits per heavy atom. The largest absolute Gasteiger partial charge is 0.459 e. The molecule has 0 radical (unpaired) electrons. The third-order valence-electron chi connectivity index (χ3n) is 3.01. The van der Waals surface area contributed by atoms with Crippen LogP contribution in [0.25, 0.3) is 0 Å². The molecule has 1 aromatic rings. The molecule has 1 amide bonds. The van der Waals surface area contributed by atoms with Gasteiger partial charge in [-0.05, 0) is 33.3 Å². The van der Waals surface area contributed by atoms with Gasteiger partial charge in [-0.1, -0.05) is 0 Å². The van der Waals surface area contributed by atoms with E-state index in [1.165, 1.54) is 0 Å². The Morgan fingerprint density at radius 2 is 1.77 bits per heavy atom. The highest BCUT2D eigenvalue weighted by molar-refractivity contribution is 6.00. The van der Waals surface area contributed by atoms with E-state index in [1.807, 2.05) is 12.1 Å². The van der Waals surface area contributed by atoms with Gasteiger partial charge in [-0.25, -0.2) is 4.79 Å². The lowest BCUT2D eigenvalue weighted by Gasteiger charge is -2.15. The van der Waals surface area contributed by atoms with Crippen LogP contribution in [0.2, 0.25) is 0 Å². The molecule has 0 bridgehead atoms. The van der Waals surface area contributed by atoms with Crippen LogP contribution in [-0.4, -0.2) is 41.0 Å². The summed E-state index contributed by atoms with van der Waals surface area (Å²) in [7, 11) is 0. The standard InChI is InChI=1S/C15H18N4O3/c1-9(2)22-15(21)12-10(3)13(18-11(12)4)14(20)19(7-5-16)8-6-17/h9,18H,7-8H2,1-4H3. The highest BCUT2D eigenvalue weighted by Crippen LogP contribution is 2.21. The molecule has 0 atom stereocenters. The van der Waals surface area contributed by atoms with Gasteiger partial charge >= 0.3 is 5.97 Å². The van der Waals surface area contributed by atoms with Gasteiger partial charge in [-0.2, -0.15) is 10.5 Å². The van der Waals surface area contributed by atoms with Crippen LogP contribution in [-0.2, 0) is 4.74 Å². The minimum Gasteiger partial charge on any atom is -0.459 e. The first-order valence-electron chi connectivity index (χ1n) is 6.76. The minimum absolute atomic E-state index is 0.193. The molecule has 0 fully saturated rings. The Balaban J connectivity index is 3.18. The van der Waals surface area contributed by atoms with E-state index < -0.39 is 11.9 Å². The van der Waals surface area contributed by atoms with Crippen LogP contribution < -0.4 is 0 Å². The molecule has 0 spiro atoms. The second kappa shape index (κ2) is 7.28. The fourth-order valence-electron chi connectivity index (χ4n) is 2.07. The van der Waals surface area contributed by atoms with Gasteiger partial charge in [0.15, 0.2) is 0 Å². The summed E-state index contributed by atoms with van der Waals surface area (Å²) in [4.78, 5) is 28.4. The monoisotopic (exact) mass is 302 g/mol. The average Bonchev–Trinajstić information content (AvgIpc) is 2.72. The van der Waals surface area contributed by atoms with Crippen molar-refractivity contribution >= 4 is 11.9 Å². The third-order valence-corrected chi connectivity index (χ3v) is 3.01. The Morgan fingerprint density at radius 3 is 2.23 bits per heavy atom. The zero-order valence-corrected chi connectivity index (χ0v) is 13.1. The van der Waals surface area contributed by atoms with Crippen LogP contribution in [0.4, 0.5) is 0 Å². The lowest BCUT2D eigenvalue weighted by atomic mass is 10.1. The van der Waals surface area contributed by atoms with Crippen molar-refractivity contribution in [3.63, 3.8) is 0 Å². The van der Waals surface area contributed by atoms with E-state index in [1.54, 1.807) is 27.7 Å². The summed E-state index contributed by atoms with van der Waals surface area (Å²) in [6.07, 6.45) is -0.269. The Hall–Kier alpha value is -2.80. The number of ether oxygens (including phenoxy) is 1. The number of hydrogen-bond acceptors (Lipinski definition) is 5. The quantitative estimate of drug-likeness (QED) is 0.657. The number of carbonyl (C=O) groups excluding carboxylic acids is 2. The van der Waals surface area contributed by atoms with Crippen molar-refractivity contribution in [3.05, 3.63) is 22.5 Å². The number of nitriles is 2. The van der Waals surface area contributed by atoms with Crippen LogP contribution in [0.1, 0.15) is 46.0 Å². The number of aryl methyl sites for hydroxylation is 1. The zero-order valence-electron chi connectivity index (χ0n) is 13.1. The predicted octanol–water partition coefficient (Wildman–Crippen LogP) is 1.69. The fraction of sp³-hybridized carbons (Fsp3) is 0.467. The molecular weight excluding hydrogens is 284 g/mol. The molecule has 0 saturated heterocycles. The summed E-state index contributed by atoms with van der Waals surface area (Å²) in [5, 5.41) is 17.5. The van der Waals surface area contributed by atoms with E-state index >= 15 is 0 Å². The highest BCUT2D eigenvalue weighted by Gasteiger charge is 2.26. The summed E-state index contributed by atoms with van der Waals surface area (Å²) >= 11 is 0. The molecule has 1 rings (SSSR count). The molecule has 1 aromatic heterocycles. The topological polar surface area (TPSA) is 110 Å². The molecular formula is C15H18N4O3. The summed E-state index contributed by atoms with van der Waals surface area (Å²) in [5.41, 5.74) is 1.47. The molecule has 0 saturated carbocycles. The van der Waals surface area contributed by atoms with Crippen molar-refractivity contribution in [1.82, 2.24) is 9.88 Å². The van der Waals surface area contributed by atoms with E-state index in [4.69, 9.17) is 15.3 Å². The van der Waals surface area contributed by atoms with Gasteiger partial charge < -0.3 is 14.6 Å². The number of H-pyrrole nitrogens is 1. The molecule has 1 N–H and O–H groups in total. The fourth-order valence-corrected chi connectivity index (χ4v) is 2.07. The lowest BCUT2D eigenvalue weighted by Crippen LogP contribution is -2.32. The molecule has 22 heavy (non-hydrogen) atoms. The SMILES string of the molecule is Cc1[nH]c(C(=O)N(CC#N)CC#N)c(C)c1C(=O)OC(C)C. The Kier molecular flexibility index (Phi) is 5.71. The second-order valence-corrected chi connectivity index (χ2v) is 5.06. The average molecular weight is 302 g/mol. The van der Waals surface area contributed by atoms with E-state index in [-0.39, 0.29) is 24.9 Å². The maximum Gasteiger partial charge on any atom is 0.340 e. The summed E-state index contributed by atoms with van der Waals surface area (Å²) in [6, 6.07) is 3.68. The number of carbonyl (C=O) groups is 2. The van der Waals surface area contributed by atoms with Crippen LogP contribution in [0, 0.1) is 36.5 Å². The molecule has 0 aliphatic heterocycles. The molecule has 1 heterocycles. The molecule has 0 aromatic carbocycles. The van der Waals surface area contributed by atoms with E-state index in [9.17, 15) is 9.59 Å². The minimum atomic E-state index is -0.507.